The fourth-order valence-electron chi connectivity index (χ4n) is 4.58. The van der Waals surface area contributed by atoms with Crippen LogP contribution in [0.15, 0.2) is 60.7 Å². The molecule has 1 fully saturated rings. The summed E-state index contributed by atoms with van der Waals surface area (Å²) in [5.41, 5.74) is 5.54. The fraction of sp³-hybridized carbons (Fsp3) is 0.323. The smallest absolute Gasteiger partial charge is 0.114 e. The number of thioether (sulfide) groups is 1. The van der Waals surface area contributed by atoms with Crippen molar-refractivity contribution < 1.29 is 5.11 Å². The molecule has 1 atom stereocenters. The third-order valence-corrected chi connectivity index (χ3v) is 10.3. The van der Waals surface area contributed by atoms with Crippen molar-refractivity contribution in [2.45, 2.75) is 50.4 Å². The van der Waals surface area contributed by atoms with Gasteiger partial charge in [-0.3, -0.25) is 0 Å². The van der Waals surface area contributed by atoms with E-state index in [-0.39, 0.29) is 0 Å². The van der Waals surface area contributed by atoms with Gasteiger partial charge >= 0.3 is 0 Å². The molecule has 1 N–H and O–H groups in total. The monoisotopic (exact) mass is 567 g/mol. The lowest BCUT2D eigenvalue weighted by Crippen LogP contribution is -2.18. The van der Waals surface area contributed by atoms with Crippen LogP contribution < -0.4 is 0 Å². The lowest BCUT2D eigenvalue weighted by atomic mass is 9.90. The Morgan fingerprint density at radius 3 is 2.68 bits per heavy atom. The largest absolute Gasteiger partial charge is 0.386 e. The quantitative estimate of drug-likeness (QED) is 0.207. The molecule has 0 spiro atoms. The number of thiophene rings is 1. The molecule has 0 bridgehead atoms. The second kappa shape index (κ2) is 11.5. The minimum absolute atomic E-state index is 0.407. The minimum Gasteiger partial charge on any atom is -0.386 e. The van der Waals surface area contributed by atoms with Crippen molar-refractivity contribution in [3.05, 3.63) is 98.0 Å². The van der Waals surface area contributed by atoms with Gasteiger partial charge in [0.1, 0.15) is 9.85 Å². The van der Waals surface area contributed by atoms with Gasteiger partial charge in [0.2, 0.25) is 0 Å². The highest BCUT2D eigenvalue weighted by Crippen LogP contribution is 2.41. The molecule has 0 aliphatic heterocycles. The molecule has 0 saturated heterocycles. The summed E-state index contributed by atoms with van der Waals surface area (Å²) in [6.45, 7) is 3.74. The lowest BCUT2D eigenvalue weighted by Gasteiger charge is -2.23. The van der Waals surface area contributed by atoms with E-state index in [0.717, 1.165) is 45.8 Å². The zero-order valence-electron chi connectivity index (χ0n) is 21.1. The van der Waals surface area contributed by atoms with Gasteiger partial charge in [-0.15, -0.1) is 11.3 Å². The van der Waals surface area contributed by atoms with Crippen LogP contribution in [0.3, 0.4) is 0 Å². The summed E-state index contributed by atoms with van der Waals surface area (Å²) in [6, 6.07) is 21.2. The Labute approximate surface area is 237 Å². The summed E-state index contributed by atoms with van der Waals surface area (Å²) in [5, 5.41) is 11.6. The average Bonchev–Trinajstić information content (AvgIpc) is 3.67. The van der Waals surface area contributed by atoms with Crippen LogP contribution in [0.25, 0.3) is 22.4 Å². The summed E-state index contributed by atoms with van der Waals surface area (Å²) in [6.07, 6.45) is 8.85. The van der Waals surface area contributed by atoms with Gasteiger partial charge in [-0.05, 0) is 91.7 Å². The molecule has 37 heavy (non-hydrogen) atoms. The molecule has 2 aromatic heterocycles. The van der Waals surface area contributed by atoms with Gasteiger partial charge in [0.15, 0.2) is 0 Å². The Balaban J connectivity index is 1.35. The standard InChI is InChI=1S/C31H31Cl2NOS2/c1-31(2,35)25-9-4-3-7-22(25)13-16-26(36-19-21-10-11-21)23-8-5-6-20(18-23)12-14-24-15-17-27-29(34-24)28(32)30(33)37-27/h3-9,12,14-15,17-18,21,26,35H,10-11,13,16,19H2,1-2H3/b14-12+. The number of aliphatic hydroxyl groups is 1. The third-order valence-electron chi connectivity index (χ3n) is 6.77. The third kappa shape index (κ3) is 6.79. The number of aromatic nitrogens is 1. The van der Waals surface area contributed by atoms with E-state index in [1.54, 1.807) is 0 Å². The second-order valence-corrected chi connectivity index (χ2v) is 13.6. The predicted molar refractivity (Wildman–Crippen MR) is 163 cm³/mol. The van der Waals surface area contributed by atoms with Gasteiger partial charge < -0.3 is 5.11 Å². The maximum absolute atomic E-state index is 10.7. The number of hydrogen-bond donors (Lipinski definition) is 1. The maximum Gasteiger partial charge on any atom is 0.114 e. The SMILES string of the molecule is CC(C)(O)c1ccccc1CCC(SCC1CC1)c1cccc(/C=C/c2ccc3sc(Cl)c(Cl)c3n2)c1. The minimum atomic E-state index is -0.840. The molecule has 6 heteroatoms. The van der Waals surface area contributed by atoms with E-state index in [0.29, 0.717) is 14.6 Å². The molecule has 1 saturated carbocycles. The molecule has 5 rings (SSSR count). The van der Waals surface area contributed by atoms with E-state index < -0.39 is 5.60 Å². The van der Waals surface area contributed by atoms with Gasteiger partial charge in [-0.25, -0.2) is 4.98 Å². The summed E-state index contributed by atoms with van der Waals surface area (Å²) in [7, 11) is 0. The summed E-state index contributed by atoms with van der Waals surface area (Å²) in [4.78, 5) is 4.70. The fourth-order valence-corrected chi connectivity index (χ4v) is 7.45. The van der Waals surface area contributed by atoms with Crippen LogP contribution in [0, 0.1) is 5.92 Å². The van der Waals surface area contributed by atoms with E-state index in [9.17, 15) is 5.11 Å². The van der Waals surface area contributed by atoms with Crippen molar-refractivity contribution in [3.63, 3.8) is 0 Å². The Hall–Kier alpha value is -1.82. The Bertz CT molecular complexity index is 1420. The first-order chi connectivity index (χ1) is 17.8. The second-order valence-electron chi connectivity index (χ2n) is 10.3. The van der Waals surface area contributed by atoms with Crippen LogP contribution in [0.4, 0.5) is 0 Å². The number of rotatable bonds is 10. The first-order valence-corrected chi connectivity index (χ1v) is 15.3. The zero-order valence-corrected chi connectivity index (χ0v) is 24.2. The van der Waals surface area contributed by atoms with Gasteiger partial charge in [-0.2, -0.15) is 11.8 Å². The number of nitrogens with zero attached hydrogens (tertiary/aromatic N) is 1. The van der Waals surface area contributed by atoms with Gasteiger partial charge in [0.25, 0.3) is 0 Å². The molecule has 1 unspecified atom stereocenters. The molecular weight excluding hydrogens is 537 g/mol. The molecule has 0 amide bonds. The van der Waals surface area contributed by atoms with Crippen LogP contribution in [-0.2, 0) is 12.0 Å². The first-order valence-electron chi connectivity index (χ1n) is 12.7. The number of benzene rings is 2. The molecule has 4 aromatic rings. The van der Waals surface area contributed by atoms with E-state index in [4.69, 9.17) is 28.2 Å². The highest BCUT2D eigenvalue weighted by atomic mass is 35.5. The van der Waals surface area contributed by atoms with Crippen LogP contribution >= 0.6 is 46.3 Å². The summed E-state index contributed by atoms with van der Waals surface area (Å²) >= 11 is 16.0. The topological polar surface area (TPSA) is 33.1 Å². The van der Waals surface area contributed by atoms with Gasteiger partial charge in [-0.1, -0.05) is 77.8 Å². The Morgan fingerprint density at radius 2 is 1.89 bits per heavy atom. The molecule has 1 aliphatic carbocycles. The van der Waals surface area contributed by atoms with Gasteiger partial charge in [0.05, 0.1) is 21.0 Å². The van der Waals surface area contributed by atoms with E-state index in [1.165, 1.54) is 41.1 Å². The summed E-state index contributed by atoms with van der Waals surface area (Å²) in [5.74, 6) is 2.09. The first kappa shape index (κ1) is 26.8. The molecule has 192 valence electrons. The van der Waals surface area contributed by atoms with Crippen molar-refractivity contribution >= 4 is 68.7 Å². The van der Waals surface area contributed by atoms with Crippen molar-refractivity contribution in [1.82, 2.24) is 4.98 Å². The Morgan fingerprint density at radius 1 is 1.08 bits per heavy atom. The van der Waals surface area contributed by atoms with Crippen LogP contribution in [-0.4, -0.2) is 15.8 Å². The number of hydrogen-bond acceptors (Lipinski definition) is 4. The molecule has 0 radical (unpaired) electrons. The molecule has 2 aromatic carbocycles. The lowest BCUT2D eigenvalue weighted by molar-refractivity contribution is 0.0776. The normalized spacial score (nSPS) is 15.1. The Kier molecular flexibility index (Phi) is 8.33. The highest BCUT2D eigenvalue weighted by Gasteiger charge is 2.25. The van der Waals surface area contributed by atoms with Crippen LogP contribution in [0.1, 0.15) is 66.3 Å². The maximum atomic E-state index is 10.7. The number of pyridine rings is 1. The van der Waals surface area contributed by atoms with Crippen LogP contribution in [0.5, 0.6) is 0 Å². The molecular formula is C31H31Cl2NOS2. The van der Waals surface area contributed by atoms with E-state index in [2.05, 4.69) is 60.3 Å². The summed E-state index contributed by atoms with van der Waals surface area (Å²) < 4.78 is 1.58. The number of fused-ring (bicyclic) bond motifs is 1. The number of halogens is 2. The predicted octanol–water partition coefficient (Wildman–Crippen LogP) is 9.82. The van der Waals surface area contributed by atoms with Crippen LogP contribution in [0.2, 0.25) is 9.36 Å². The zero-order chi connectivity index (χ0) is 26.0. The van der Waals surface area contributed by atoms with Gasteiger partial charge in [0, 0.05) is 5.25 Å². The highest BCUT2D eigenvalue weighted by molar-refractivity contribution is 7.99. The van der Waals surface area contributed by atoms with Crippen molar-refractivity contribution in [3.8, 4) is 0 Å². The van der Waals surface area contributed by atoms with Crippen molar-refractivity contribution in [2.75, 3.05) is 5.75 Å². The molecule has 1 aliphatic rings. The molecule has 2 heterocycles. The molecule has 2 nitrogen and oxygen atoms in total. The van der Waals surface area contributed by atoms with E-state index >= 15 is 0 Å². The van der Waals surface area contributed by atoms with Crippen molar-refractivity contribution in [2.24, 2.45) is 5.92 Å². The average molecular weight is 569 g/mol. The van der Waals surface area contributed by atoms with E-state index in [1.807, 2.05) is 38.1 Å². The van der Waals surface area contributed by atoms with Crippen molar-refractivity contribution in [1.29, 1.82) is 0 Å². The number of aryl methyl sites for hydroxylation is 1.